The first-order valence-electron chi connectivity index (χ1n) is 8.22. The van der Waals surface area contributed by atoms with Crippen molar-refractivity contribution in [2.24, 2.45) is 4.99 Å². The third kappa shape index (κ3) is 2.91. The summed E-state index contributed by atoms with van der Waals surface area (Å²) < 4.78 is 47.0. The molecule has 7 nitrogen and oxygen atoms in total. The summed E-state index contributed by atoms with van der Waals surface area (Å²) in [6.07, 6.45) is -4.95. The lowest BCUT2D eigenvalue weighted by atomic mass is 10.1. The summed E-state index contributed by atoms with van der Waals surface area (Å²) in [4.78, 5) is 33.2. The maximum Gasteiger partial charge on any atom is 0.442 e. The molecule has 0 saturated carbocycles. The summed E-state index contributed by atoms with van der Waals surface area (Å²) >= 11 is 2.01. The van der Waals surface area contributed by atoms with Gasteiger partial charge in [0.25, 0.3) is 5.91 Å². The molecule has 0 bridgehead atoms. The highest BCUT2D eigenvalue weighted by Crippen LogP contribution is 2.44. The third-order valence-corrected chi connectivity index (χ3v) is 6.08. The van der Waals surface area contributed by atoms with Crippen LogP contribution in [0.5, 0.6) is 0 Å². The van der Waals surface area contributed by atoms with Crippen LogP contribution in [0.25, 0.3) is 10.2 Å². The van der Waals surface area contributed by atoms with Crippen LogP contribution < -0.4 is 5.32 Å². The first-order valence-corrected chi connectivity index (χ1v) is 10.0. The van der Waals surface area contributed by atoms with Gasteiger partial charge >= 0.3 is 17.8 Å². The van der Waals surface area contributed by atoms with E-state index in [1.807, 2.05) is 0 Å². The zero-order chi connectivity index (χ0) is 20.1. The molecule has 3 heterocycles. The molecule has 1 unspecified atom stereocenters. The molecule has 1 aromatic carbocycles. The number of amidine groups is 1. The average molecular weight is 430 g/mol. The Morgan fingerprint density at radius 3 is 2.89 bits per heavy atom. The number of nitrogens with zero attached hydrogens (tertiary/aromatic N) is 3. The van der Waals surface area contributed by atoms with Crippen LogP contribution in [0.1, 0.15) is 17.3 Å². The van der Waals surface area contributed by atoms with Gasteiger partial charge < -0.3 is 10.1 Å². The van der Waals surface area contributed by atoms with Crippen LogP contribution in [0.15, 0.2) is 23.2 Å². The molecular formula is C16H13F3N4O3S2. The number of amides is 1. The number of carbonyl (C=O) groups excluding carboxylic acids is 2. The van der Waals surface area contributed by atoms with E-state index in [1.165, 1.54) is 18.2 Å². The molecule has 4 rings (SSSR count). The highest BCUT2D eigenvalue weighted by Gasteiger charge is 2.67. The molecule has 1 amide bonds. The Bertz CT molecular complexity index is 1010. The molecule has 0 spiro atoms. The molecule has 1 aromatic heterocycles. The SMILES string of the molecule is CCOC(=O)c1ccc2nc(NC3(C(F)(F)F)N=C4SCCN4C3=O)sc2c1. The highest BCUT2D eigenvalue weighted by atomic mass is 32.2. The number of nitrogens with one attached hydrogen (secondary N) is 1. The predicted molar refractivity (Wildman–Crippen MR) is 99.6 cm³/mol. The minimum Gasteiger partial charge on any atom is -0.462 e. The number of carbonyl (C=O) groups is 2. The first kappa shape index (κ1) is 19.0. The van der Waals surface area contributed by atoms with Crippen molar-refractivity contribution >= 4 is 55.5 Å². The van der Waals surface area contributed by atoms with E-state index < -0.39 is 23.7 Å². The third-order valence-electron chi connectivity index (χ3n) is 4.19. The zero-order valence-corrected chi connectivity index (χ0v) is 16.0. The number of thiazole rings is 1. The maximum absolute atomic E-state index is 13.9. The molecule has 1 saturated heterocycles. The van der Waals surface area contributed by atoms with Gasteiger partial charge in [0.1, 0.15) is 0 Å². The number of aromatic nitrogens is 1. The summed E-state index contributed by atoms with van der Waals surface area (Å²) in [6, 6.07) is 4.49. The summed E-state index contributed by atoms with van der Waals surface area (Å²) in [5.74, 6) is -1.18. The van der Waals surface area contributed by atoms with Gasteiger partial charge in [-0.25, -0.2) is 14.8 Å². The molecule has 2 aromatic rings. The van der Waals surface area contributed by atoms with Gasteiger partial charge in [-0.2, -0.15) is 13.2 Å². The molecule has 1 fully saturated rings. The number of fused-ring (bicyclic) bond motifs is 2. The Hall–Kier alpha value is -2.34. The predicted octanol–water partition coefficient (Wildman–Crippen LogP) is 3.09. The van der Waals surface area contributed by atoms with Gasteiger partial charge in [-0.1, -0.05) is 23.1 Å². The Morgan fingerprint density at radius 2 is 2.21 bits per heavy atom. The molecule has 0 radical (unpaired) electrons. The lowest BCUT2D eigenvalue weighted by Gasteiger charge is -2.28. The quantitative estimate of drug-likeness (QED) is 0.751. The first-order chi connectivity index (χ1) is 13.2. The summed E-state index contributed by atoms with van der Waals surface area (Å²) in [7, 11) is 0. The Labute approximate surface area is 165 Å². The van der Waals surface area contributed by atoms with Crippen LogP contribution in [0.3, 0.4) is 0 Å². The molecule has 148 valence electrons. The second-order valence-corrected chi connectivity index (χ2v) is 8.05. The second-order valence-electron chi connectivity index (χ2n) is 5.95. The fourth-order valence-corrected chi connectivity index (χ4v) is 4.82. The summed E-state index contributed by atoms with van der Waals surface area (Å²) in [6.45, 7) is 2.06. The number of esters is 1. The van der Waals surface area contributed by atoms with Crippen molar-refractivity contribution in [3.63, 3.8) is 0 Å². The molecule has 1 atom stereocenters. The standard InChI is InChI=1S/C16H13F3N4O3S2/c1-2-26-11(24)8-3-4-9-10(7-8)28-13(20-9)21-15(16(17,18)19)12(25)23-5-6-27-14(23)22-15/h3-4,7H,2,5-6H2,1H3,(H,20,21). The lowest BCUT2D eigenvalue weighted by molar-refractivity contribution is -0.185. The summed E-state index contributed by atoms with van der Waals surface area (Å²) in [5.41, 5.74) is -2.43. The van der Waals surface area contributed by atoms with Crippen LogP contribution in [-0.4, -0.2) is 57.7 Å². The van der Waals surface area contributed by atoms with E-state index in [-0.39, 0.29) is 29.0 Å². The van der Waals surface area contributed by atoms with E-state index in [9.17, 15) is 22.8 Å². The van der Waals surface area contributed by atoms with E-state index in [0.717, 1.165) is 28.0 Å². The zero-order valence-electron chi connectivity index (χ0n) is 14.4. The Balaban J connectivity index is 1.70. The molecular weight excluding hydrogens is 417 g/mol. The van der Waals surface area contributed by atoms with E-state index in [2.05, 4.69) is 15.3 Å². The number of alkyl halides is 3. The number of anilines is 1. The van der Waals surface area contributed by atoms with Crippen LogP contribution in [0, 0.1) is 0 Å². The Kier molecular flexibility index (Phi) is 4.49. The number of ether oxygens (including phenoxy) is 1. The molecule has 1 N–H and O–H groups in total. The second kappa shape index (κ2) is 6.62. The molecule has 12 heteroatoms. The summed E-state index contributed by atoms with van der Waals surface area (Å²) in [5, 5.41) is 2.15. The number of benzene rings is 1. The van der Waals surface area contributed by atoms with Gasteiger partial charge in [-0.15, -0.1) is 0 Å². The van der Waals surface area contributed by atoms with Crippen LogP contribution in [0.4, 0.5) is 18.3 Å². The van der Waals surface area contributed by atoms with Crippen LogP contribution >= 0.6 is 23.1 Å². The van der Waals surface area contributed by atoms with Gasteiger partial charge in [0.2, 0.25) is 0 Å². The fraction of sp³-hybridized carbons (Fsp3) is 0.375. The van der Waals surface area contributed by atoms with E-state index in [1.54, 1.807) is 6.92 Å². The van der Waals surface area contributed by atoms with Crippen molar-refractivity contribution in [2.75, 3.05) is 24.2 Å². The van der Waals surface area contributed by atoms with E-state index in [4.69, 9.17) is 4.74 Å². The topological polar surface area (TPSA) is 83.9 Å². The van der Waals surface area contributed by atoms with Gasteiger partial charge in [0, 0.05) is 12.3 Å². The van der Waals surface area contributed by atoms with E-state index >= 15 is 0 Å². The van der Waals surface area contributed by atoms with Crippen molar-refractivity contribution in [1.82, 2.24) is 9.88 Å². The van der Waals surface area contributed by atoms with Crippen molar-refractivity contribution in [3.8, 4) is 0 Å². The van der Waals surface area contributed by atoms with Crippen molar-refractivity contribution in [3.05, 3.63) is 23.8 Å². The highest BCUT2D eigenvalue weighted by molar-refractivity contribution is 8.14. The Morgan fingerprint density at radius 1 is 1.43 bits per heavy atom. The monoisotopic (exact) mass is 430 g/mol. The lowest BCUT2D eigenvalue weighted by Crippen LogP contribution is -2.57. The number of halogens is 3. The van der Waals surface area contributed by atoms with Crippen LogP contribution in [-0.2, 0) is 9.53 Å². The number of hydrogen-bond donors (Lipinski definition) is 1. The van der Waals surface area contributed by atoms with Crippen LogP contribution in [0.2, 0.25) is 0 Å². The average Bonchev–Trinajstić information content (AvgIpc) is 3.30. The van der Waals surface area contributed by atoms with Gasteiger partial charge in [0.15, 0.2) is 10.3 Å². The van der Waals surface area contributed by atoms with Crippen molar-refractivity contribution < 1.29 is 27.5 Å². The molecule has 28 heavy (non-hydrogen) atoms. The maximum atomic E-state index is 13.9. The van der Waals surface area contributed by atoms with Gasteiger partial charge in [-0.05, 0) is 25.1 Å². The normalized spacial score (nSPS) is 21.8. The van der Waals surface area contributed by atoms with Crippen molar-refractivity contribution in [2.45, 2.75) is 18.8 Å². The number of hydrogen-bond acceptors (Lipinski definition) is 8. The largest absolute Gasteiger partial charge is 0.462 e. The van der Waals surface area contributed by atoms with Crippen molar-refractivity contribution in [1.29, 1.82) is 0 Å². The number of rotatable bonds is 4. The van der Waals surface area contributed by atoms with E-state index in [0.29, 0.717) is 16.0 Å². The number of aliphatic imine (C=N–C) groups is 1. The molecule has 2 aliphatic rings. The number of thioether (sulfide) groups is 1. The molecule has 2 aliphatic heterocycles. The molecule has 0 aliphatic carbocycles. The minimum atomic E-state index is -4.95. The minimum absolute atomic E-state index is 0.0560. The van der Waals surface area contributed by atoms with Gasteiger partial charge in [0.05, 0.1) is 22.4 Å². The smallest absolute Gasteiger partial charge is 0.442 e. The van der Waals surface area contributed by atoms with Gasteiger partial charge in [-0.3, -0.25) is 9.69 Å². The fourth-order valence-electron chi connectivity index (χ4n) is 2.88.